The van der Waals surface area contributed by atoms with Crippen LogP contribution in [-0.4, -0.2) is 38.9 Å². The number of amides is 2. The van der Waals surface area contributed by atoms with Gasteiger partial charge in [-0.05, 0) is 12.8 Å². The zero-order chi connectivity index (χ0) is 13.8. The van der Waals surface area contributed by atoms with Gasteiger partial charge in [-0.1, -0.05) is 0 Å². The van der Waals surface area contributed by atoms with Crippen molar-refractivity contribution in [3.8, 4) is 0 Å². The minimum atomic E-state index is -1.92. The lowest BCUT2D eigenvalue weighted by Crippen LogP contribution is -2.50. The maximum atomic E-state index is 11.3. The van der Waals surface area contributed by atoms with E-state index in [-0.39, 0.29) is 38.5 Å². The highest BCUT2D eigenvalue weighted by atomic mass is 17.0. The van der Waals surface area contributed by atoms with E-state index in [0.29, 0.717) is 0 Å². The van der Waals surface area contributed by atoms with E-state index in [1.54, 1.807) is 0 Å². The third-order valence-electron chi connectivity index (χ3n) is 2.48. The van der Waals surface area contributed by atoms with Gasteiger partial charge in [0, 0.05) is 6.42 Å². The van der Waals surface area contributed by atoms with Gasteiger partial charge in [-0.3, -0.25) is 4.79 Å². The summed E-state index contributed by atoms with van der Waals surface area (Å²) in [5.41, 5.74) is 0. The molecule has 0 bridgehead atoms. The molecular formula is C10H14NO7+. The second-order valence-electron chi connectivity index (χ2n) is 3.93. The van der Waals surface area contributed by atoms with Crippen LogP contribution in [0.15, 0.2) is 0 Å². The molecule has 2 amide bonds. The van der Waals surface area contributed by atoms with Crippen molar-refractivity contribution < 1.29 is 39.1 Å². The highest BCUT2D eigenvalue weighted by Crippen LogP contribution is 2.21. The Kier molecular flexibility index (Phi) is 4.51. The molecule has 8 heteroatoms. The van der Waals surface area contributed by atoms with Gasteiger partial charge in [0.05, 0.1) is 19.3 Å². The van der Waals surface area contributed by atoms with Crippen molar-refractivity contribution >= 4 is 23.8 Å². The number of carbonyl (C=O) groups excluding carboxylic acids is 3. The minimum absolute atomic E-state index is 0.0791. The van der Waals surface area contributed by atoms with Gasteiger partial charge < -0.3 is 5.11 Å². The summed E-state index contributed by atoms with van der Waals surface area (Å²) >= 11 is 0. The molecule has 0 radical (unpaired) electrons. The highest BCUT2D eigenvalue weighted by molar-refractivity contribution is 5.91. The predicted molar refractivity (Wildman–Crippen MR) is 53.5 cm³/mol. The van der Waals surface area contributed by atoms with Crippen LogP contribution >= 0.6 is 0 Å². The first kappa shape index (κ1) is 14.3. The monoisotopic (exact) mass is 260 g/mol. The van der Waals surface area contributed by atoms with Gasteiger partial charge in [-0.15, -0.1) is 0 Å². The average molecular weight is 260 g/mol. The fourth-order valence-corrected chi connectivity index (χ4v) is 1.50. The Hall–Kier alpha value is -1.80. The first-order chi connectivity index (χ1) is 8.36. The van der Waals surface area contributed by atoms with Crippen LogP contribution in [0.5, 0.6) is 0 Å². The quantitative estimate of drug-likeness (QED) is 0.302. The van der Waals surface area contributed by atoms with Gasteiger partial charge in [0.25, 0.3) is 0 Å². The smallest absolute Gasteiger partial charge is 0.397 e. The average Bonchev–Trinajstić information content (AvgIpc) is 2.52. The van der Waals surface area contributed by atoms with Crippen molar-refractivity contribution in [1.29, 1.82) is 0 Å². The fraction of sp³-hybridized carbons (Fsp3) is 0.600. The van der Waals surface area contributed by atoms with Gasteiger partial charge in [-0.25, -0.2) is 19.2 Å². The largest absolute Gasteiger partial charge is 0.481 e. The number of hydroxylamine groups is 4. The van der Waals surface area contributed by atoms with Crippen LogP contribution in [0.3, 0.4) is 0 Å². The molecule has 8 nitrogen and oxygen atoms in total. The lowest BCUT2D eigenvalue weighted by atomic mass is 10.2. The molecule has 0 aromatic rings. The van der Waals surface area contributed by atoms with Crippen molar-refractivity contribution in [3.63, 3.8) is 0 Å². The van der Waals surface area contributed by atoms with Crippen LogP contribution in [0.25, 0.3) is 0 Å². The number of quaternary nitrogens is 1. The summed E-state index contributed by atoms with van der Waals surface area (Å²) in [6.45, 7) is 0. The summed E-state index contributed by atoms with van der Waals surface area (Å²) in [4.78, 5) is 46.4. The number of carbonyl (C=O) groups is 4. The van der Waals surface area contributed by atoms with Crippen molar-refractivity contribution in [2.24, 2.45) is 0 Å². The highest BCUT2D eigenvalue weighted by Gasteiger charge is 2.55. The van der Waals surface area contributed by atoms with E-state index in [1.165, 1.54) is 0 Å². The number of nitrogens with zero attached hydrogens (tertiary/aromatic N) is 1. The molecule has 1 heterocycles. The molecule has 0 unspecified atom stereocenters. The maximum Gasteiger partial charge on any atom is 0.397 e. The van der Waals surface area contributed by atoms with Crippen molar-refractivity contribution in [2.75, 3.05) is 0 Å². The van der Waals surface area contributed by atoms with Crippen LogP contribution < -0.4 is 0 Å². The van der Waals surface area contributed by atoms with E-state index < -0.39 is 28.6 Å². The Morgan fingerprint density at radius 2 is 1.61 bits per heavy atom. The number of carboxylic acid groups (broad SMARTS) is 1. The van der Waals surface area contributed by atoms with Gasteiger partial charge >= 0.3 is 23.8 Å². The molecule has 0 saturated carbocycles. The number of rotatable bonds is 6. The van der Waals surface area contributed by atoms with Gasteiger partial charge in [0.1, 0.15) is 4.81 Å². The Morgan fingerprint density at radius 1 is 1.11 bits per heavy atom. The Bertz CT molecular complexity index is 374. The first-order valence-electron chi connectivity index (χ1n) is 5.49. The van der Waals surface area contributed by atoms with Crippen molar-refractivity contribution in [2.45, 2.75) is 38.5 Å². The molecule has 1 aliphatic rings. The lowest BCUT2D eigenvalue weighted by Gasteiger charge is -2.15. The Balaban J connectivity index is 2.38. The van der Waals surface area contributed by atoms with Crippen LogP contribution in [0.4, 0.5) is 0 Å². The predicted octanol–water partition coefficient (Wildman–Crippen LogP) is 0.143. The topological polar surface area (TPSA) is 118 Å². The molecular weight excluding hydrogens is 246 g/mol. The molecule has 0 aliphatic carbocycles. The summed E-state index contributed by atoms with van der Waals surface area (Å²) < 4.78 is 0. The SMILES string of the molecule is O=C(O)CCCCC(=O)O[N+]1(O)C(=O)CCC1=O. The Morgan fingerprint density at radius 3 is 2.11 bits per heavy atom. The van der Waals surface area contributed by atoms with E-state index >= 15 is 0 Å². The second kappa shape index (κ2) is 5.69. The normalized spacial score (nSPS) is 17.8. The van der Waals surface area contributed by atoms with E-state index in [9.17, 15) is 24.4 Å². The zero-order valence-electron chi connectivity index (χ0n) is 9.63. The molecule has 1 fully saturated rings. The van der Waals surface area contributed by atoms with Crippen molar-refractivity contribution in [1.82, 2.24) is 0 Å². The summed E-state index contributed by atoms with van der Waals surface area (Å²) in [7, 11) is 0. The van der Waals surface area contributed by atoms with Crippen LogP contribution in [-0.2, 0) is 24.0 Å². The summed E-state index contributed by atoms with van der Waals surface area (Å²) in [6.07, 6.45) is -0.0484. The van der Waals surface area contributed by atoms with Gasteiger partial charge in [-0.2, -0.15) is 5.21 Å². The molecule has 1 saturated heterocycles. The number of carboxylic acids is 1. The summed E-state index contributed by atoms with van der Waals surface area (Å²) in [6, 6.07) is 0. The molecule has 1 aliphatic heterocycles. The molecule has 2 N–H and O–H groups in total. The molecule has 0 aromatic carbocycles. The third-order valence-corrected chi connectivity index (χ3v) is 2.48. The van der Waals surface area contributed by atoms with Crippen LogP contribution in [0.1, 0.15) is 38.5 Å². The first-order valence-corrected chi connectivity index (χ1v) is 5.49. The number of aliphatic carboxylic acids is 1. The molecule has 1 rings (SSSR count). The Labute approximate surface area is 102 Å². The van der Waals surface area contributed by atoms with Gasteiger partial charge in [0.2, 0.25) is 0 Å². The number of imide groups is 1. The standard InChI is InChI=1S/C10H13NO7/c12-7-5-6-8(13)11(7,17)18-10(16)4-2-1-3-9(14)15/h17H,1-6H2/p+1. The van der Waals surface area contributed by atoms with E-state index in [0.717, 1.165) is 0 Å². The van der Waals surface area contributed by atoms with E-state index in [4.69, 9.17) is 5.11 Å². The van der Waals surface area contributed by atoms with Crippen LogP contribution in [0.2, 0.25) is 0 Å². The number of hydrogen-bond donors (Lipinski definition) is 2. The van der Waals surface area contributed by atoms with Crippen molar-refractivity contribution in [3.05, 3.63) is 0 Å². The molecule has 0 aromatic heterocycles. The molecule has 100 valence electrons. The summed E-state index contributed by atoms with van der Waals surface area (Å²) in [5, 5.41) is 17.9. The van der Waals surface area contributed by atoms with Gasteiger partial charge in [0.15, 0.2) is 0 Å². The molecule has 0 atom stereocenters. The number of hydrogen-bond acceptors (Lipinski definition) is 6. The maximum absolute atomic E-state index is 11.3. The van der Waals surface area contributed by atoms with E-state index in [1.807, 2.05) is 0 Å². The fourth-order valence-electron chi connectivity index (χ4n) is 1.50. The second-order valence-corrected chi connectivity index (χ2v) is 3.93. The summed E-state index contributed by atoms with van der Waals surface area (Å²) in [5.74, 6) is -3.64. The molecule has 0 spiro atoms. The van der Waals surface area contributed by atoms with Crippen LogP contribution in [0, 0.1) is 0 Å². The molecule has 18 heavy (non-hydrogen) atoms. The van der Waals surface area contributed by atoms with E-state index in [2.05, 4.69) is 4.84 Å². The third kappa shape index (κ3) is 3.34. The lowest BCUT2D eigenvalue weighted by molar-refractivity contribution is -1.12. The minimum Gasteiger partial charge on any atom is -0.481 e. The zero-order valence-corrected chi connectivity index (χ0v) is 9.63. The number of unbranched alkanes of at least 4 members (excludes halogenated alkanes) is 1.